The molecule has 0 aliphatic carbocycles. The molecule has 24 heavy (non-hydrogen) atoms. The molecule has 1 aliphatic heterocycles. The van der Waals surface area contributed by atoms with Crippen molar-refractivity contribution in [2.75, 3.05) is 13.1 Å². The quantitative estimate of drug-likeness (QED) is 0.450. The number of ether oxygens (including phenoxy) is 1. The Bertz CT molecular complexity index is 739. The summed E-state index contributed by atoms with van der Waals surface area (Å²) in [5.41, 5.74) is 1.41. The van der Waals surface area contributed by atoms with Crippen LogP contribution in [0.5, 0.6) is 5.75 Å². The summed E-state index contributed by atoms with van der Waals surface area (Å²) < 4.78 is 5.38. The molecule has 0 spiro atoms. The van der Waals surface area contributed by atoms with Gasteiger partial charge in [-0.25, -0.2) is 4.79 Å². The van der Waals surface area contributed by atoms with Gasteiger partial charge >= 0.3 is 5.97 Å². The van der Waals surface area contributed by atoms with Gasteiger partial charge in [-0.05, 0) is 61.7 Å². The molecule has 1 heterocycles. The lowest BCUT2D eigenvalue weighted by Gasteiger charge is -2.29. The zero-order valence-corrected chi connectivity index (χ0v) is 14.8. The second-order valence-corrected chi connectivity index (χ2v) is 6.60. The topological polar surface area (TPSA) is 29.5 Å². The average Bonchev–Trinajstić information content (AvgIpc) is 2.62. The van der Waals surface area contributed by atoms with E-state index in [0.717, 1.165) is 23.6 Å². The predicted octanol–water partition coefficient (Wildman–Crippen LogP) is 4.72. The van der Waals surface area contributed by atoms with E-state index in [2.05, 4.69) is 4.90 Å². The van der Waals surface area contributed by atoms with Gasteiger partial charge in [-0.1, -0.05) is 29.9 Å². The van der Waals surface area contributed by atoms with Crippen molar-refractivity contribution in [3.05, 3.63) is 64.7 Å². The van der Waals surface area contributed by atoms with Crippen LogP contribution in [-0.4, -0.2) is 28.9 Å². The van der Waals surface area contributed by atoms with Gasteiger partial charge in [0.1, 0.15) is 10.7 Å². The number of benzene rings is 2. The maximum absolute atomic E-state index is 12.1. The smallest absolute Gasteiger partial charge is 0.343 e. The molecular formula is C19H18ClNO2S. The third kappa shape index (κ3) is 4.13. The van der Waals surface area contributed by atoms with Crippen molar-refractivity contribution >= 4 is 34.8 Å². The Morgan fingerprint density at radius 3 is 2.38 bits per heavy atom. The number of hydrogen-bond acceptors (Lipinski definition) is 3. The molecular weight excluding hydrogens is 342 g/mol. The molecule has 124 valence electrons. The fourth-order valence-electron chi connectivity index (χ4n) is 2.73. The number of piperidine rings is 1. The number of halogens is 1. The summed E-state index contributed by atoms with van der Waals surface area (Å²) in [6, 6.07) is 14.0. The van der Waals surface area contributed by atoms with E-state index in [-0.39, 0.29) is 0 Å². The van der Waals surface area contributed by atoms with Crippen LogP contribution in [0.15, 0.2) is 48.5 Å². The second kappa shape index (κ2) is 7.77. The van der Waals surface area contributed by atoms with Crippen LogP contribution in [0, 0.1) is 0 Å². The van der Waals surface area contributed by atoms with E-state index in [9.17, 15) is 4.79 Å². The first kappa shape index (κ1) is 16.9. The van der Waals surface area contributed by atoms with Gasteiger partial charge in [-0.2, -0.15) is 0 Å². The number of rotatable bonds is 3. The zero-order valence-electron chi connectivity index (χ0n) is 13.2. The molecule has 0 amide bonds. The number of nitrogens with zero attached hydrogens (tertiary/aromatic N) is 1. The summed E-state index contributed by atoms with van der Waals surface area (Å²) in [6.45, 7) is 2.04. The first-order chi connectivity index (χ1) is 11.6. The summed E-state index contributed by atoms with van der Waals surface area (Å²) >= 11 is 11.5. The van der Waals surface area contributed by atoms with Crippen molar-refractivity contribution in [1.29, 1.82) is 0 Å². The summed E-state index contributed by atoms with van der Waals surface area (Å²) in [4.78, 5) is 15.2. The van der Waals surface area contributed by atoms with E-state index >= 15 is 0 Å². The van der Waals surface area contributed by atoms with Crippen molar-refractivity contribution in [2.24, 2.45) is 0 Å². The minimum atomic E-state index is -0.427. The predicted molar refractivity (Wildman–Crippen MR) is 100.0 cm³/mol. The van der Waals surface area contributed by atoms with Gasteiger partial charge in [0.2, 0.25) is 0 Å². The van der Waals surface area contributed by atoms with Gasteiger partial charge < -0.3 is 9.64 Å². The Morgan fingerprint density at radius 1 is 1.00 bits per heavy atom. The monoisotopic (exact) mass is 359 g/mol. The Labute approximate surface area is 152 Å². The van der Waals surface area contributed by atoms with Crippen molar-refractivity contribution in [3.8, 4) is 5.75 Å². The molecule has 0 aromatic heterocycles. The third-order valence-corrected chi connectivity index (χ3v) is 4.74. The molecule has 1 saturated heterocycles. The highest BCUT2D eigenvalue weighted by Crippen LogP contribution is 2.19. The number of thiocarbonyl (C=S) groups is 1. The minimum absolute atomic E-state index is 0.426. The van der Waals surface area contributed by atoms with Crippen molar-refractivity contribution in [1.82, 2.24) is 4.90 Å². The van der Waals surface area contributed by atoms with Crippen LogP contribution in [0.4, 0.5) is 0 Å². The van der Waals surface area contributed by atoms with E-state index < -0.39 is 5.97 Å². The van der Waals surface area contributed by atoms with E-state index in [1.165, 1.54) is 19.3 Å². The van der Waals surface area contributed by atoms with Crippen LogP contribution in [-0.2, 0) is 0 Å². The van der Waals surface area contributed by atoms with Crippen molar-refractivity contribution < 1.29 is 9.53 Å². The summed E-state index contributed by atoms with van der Waals surface area (Å²) in [7, 11) is 0. The van der Waals surface area contributed by atoms with Crippen LogP contribution in [0.25, 0.3) is 0 Å². The molecule has 0 saturated carbocycles. The fraction of sp³-hybridized carbons (Fsp3) is 0.263. The average molecular weight is 360 g/mol. The first-order valence-electron chi connectivity index (χ1n) is 8.00. The van der Waals surface area contributed by atoms with Crippen LogP contribution in [0.2, 0.25) is 5.02 Å². The summed E-state index contributed by atoms with van der Waals surface area (Å²) in [5, 5.41) is 0.506. The van der Waals surface area contributed by atoms with Crippen LogP contribution in [0.1, 0.15) is 35.2 Å². The molecule has 0 unspecified atom stereocenters. The molecule has 2 aromatic rings. The number of hydrogen-bond donors (Lipinski definition) is 0. The van der Waals surface area contributed by atoms with Gasteiger partial charge in [-0.15, -0.1) is 0 Å². The van der Waals surface area contributed by atoms with Crippen molar-refractivity contribution in [2.45, 2.75) is 19.3 Å². The molecule has 1 aliphatic rings. The molecule has 0 radical (unpaired) electrons. The highest BCUT2D eigenvalue weighted by Gasteiger charge is 2.15. The van der Waals surface area contributed by atoms with Gasteiger partial charge in [-0.3, -0.25) is 0 Å². The number of likely N-dealkylation sites (tertiary alicyclic amines) is 1. The lowest BCUT2D eigenvalue weighted by Crippen LogP contribution is -2.34. The Morgan fingerprint density at radius 2 is 1.71 bits per heavy atom. The van der Waals surface area contributed by atoms with Gasteiger partial charge in [0.05, 0.1) is 5.56 Å². The molecule has 5 heteroatoms. The maximum Gasteiger partial charge on any atom is 0.343 e. The molecule has 0 bridgehead atoms. The number of carbonyl (C=O) groups is 1. The zero-order chi connectivity index (χ0) is 16.9. The normalized spacial score (nSPS) is 14.3. The summed E-state index contributed by atoms with van der Waals surface area (Å²) in [5.74, 6) is 0.0639. The van der Waals surface area contributed by atoms with Crippen LogP contribution < -0.4 is 4.74 Å². The largest absolute Gasteiger partial charge is 0.423 e. The minimum Gasteiger partial charge on any atom is -0.423 e. The molecule has 3 rings (SSSR count). The van der Waals surface area contributed by atoms with E-state index in [1.807, 2.05) is 12.1 Å². The van der Waals surface area contributed by atoms with Gasteiger partial charge in [0.15, 0.2) is 0 Å². The third-order valence-electron chi connectivity index (χ3n) is 4.02. The number of carbonyl (C=O) groups excluding carboxylic acids is 1. The standard InChI is InChI=1S/C19H18ClNO2S/c20-16-6-4-5-15(13-16)19(22)23-17-9-7-14(8-10-17)18(24)21-11-2-1-3-12-21/h4-10,13H,1-3,11-12H2. The second-order valence-electron chi connectivity index (χ2n) is 5.78. The Balaban J connectivity index is 1.66. The van der Waals surface area contributed by atoms with E-state index in [4.69, 9.17) is 28.6 Å². The van der Waals surface area contributed by atoms with Crippen LogP contribution in [0.3, 0.4) is 0 Å². The molecule has 1 fully saturated rings. The van der Waals surface area contributed by atoms with Gasteiger partial charge in [0.25, 0.3) is 0 Å². The Hall–Kier alpha value is -1.91. The highest BCUT2D eigenvalue weighted by atomic mass is 35.5. The fourth-order valence-corrected chi connectivity index (χ4v) is 3.24. The SMILES string of the molecule is O=C(Oc1ccc(C(=S)N2CCCCC2)cc1)c1cccc(Cl)c1. The molecule has 0 atom stereocenters. The lowest BCUT2D eigenvalue weighted by atomic mass is 10.1. The Kier molecular flexibility index (Phi) is 5.48. The van der Waals surface area contributed by atoms with E-state index in [1.54, 1.807) is 36.4 Å². The summed E-state index contributed by atoms with van der Waals surface area (Å²) in [6.07, 6.45) is 3.66. The maximum atomic E-state index is 12.1. The van der Waals surface area contributed by atoms with Crippen LogP contribution >= 0.6 is 23.8 Å². The molecule has 2 aromatic carbocycles. The van der Waals surface area contributed by atoms with E-state index in [0.29, 0.717) is 16.3 Å². The van der Waals surface area contributed by atoms with Crippen molar-refractivity contribution in [3.63, 3.8) is 0 Å². The lowest BCUT2D eigenvalue weighted by molar-refractivity contribution is 0.0735. The van der Waals surface area contributed by atoms with Gasteiger partial charge in [0, 0.05) is 23.7 Å². The highest BCUT2D eigenvalue weighted by molar-refractivity contribution is 7.80. The first-order valence-corrected chi connectivity index (χ1v) is 8.79. The molecule has 0 N–H and O–H groups in total. The number of esters is 1. The molecule has 3 nitrogen and oxygen atoms in total.